The molecule has 4 heteroatoms. The summed E-state index contributed by atoms with van der Waals surface area (Å²) in [7, 11) is 0. The lowest BCUT2D eigenvalue weighted by molar-refractivity contribution is -0.116. The fraction of sp³-hybridized carbons (Fsp3) is 0.500. The number of hydrogen-bond acceptors (Lipinski definition) is 3. The van der Waals surface area contributed by atoms with Gasteiger partial charge in [-0.3, -0.25) is 4.79 Å². The number of aliphatic hydroxyl groups is 1. The molecular formula is C14H21NO2S. The van der Waals surface area contributed by atoms with Crippen molar-refractivity contribution in [1.29, 1.82) is 0 Å². The summed E-state index contributed by atoms with van der Waals surface area (Å²) in [4.78, 5) is 13.9. The van der Waals surface area contributed by atoms with Gasteiger partial charge in [0, 0.05) is 29.0 Å². The van der Waals surface area contributed by atoms with Crippen molar-refractivity contribution in [2.75, 3.05) is 13.2 Å². The molecule has 1 heterocycles. The third kappa shape index (κ3) is 5.47. The Balaban J connectivity index is 2.35. The van der Waals surface area contributed by atoms with E-state index in [1.165, 1.54) is 4.88 Å². The number of aliphatic hydroxyl groups excluding tert-OH is 1. The van der Waals surface area contributed by atoms with Crippen LogP contribution in [0.3, 0.4) is 0 Å². The van der Waals surface area contributed by atoms with Gasteiger partial charge in [0.25, 0.3) is 0 Å². The van der Waals surface area contributed by atoms with Crippen molar-refractivity contribution in [3.05, 3.63) is 28.0 Å². The summed E-state index contributed by atoms with van der Waals surface area (Å²) < 4.78 is 0. The molecule has 1 rings (SSSR count). The number of nitrogens with one attached hydrogen (secondary N) is 1. The van der Waals surface area contributed by atoms with Crippen LogP contribution < -0.4 is 5.32 Å². The molecule has 0 aromatic carbocycles. The van der Waals surface area contributed by atoms with Crippen LogP contribution in [0.4, 0.5) is 0 Å². The molecule has 0 spiro atoms. The molecule has 0 aliphatic heterocycles. The maximum absolute atomic E-state index is 11.6. The van der Waals surface area contributed by atoms with Crippen LogP contribution in [0.15, 0.2) is 18.2 Å². The highest BCUT2D eigenvalue weighted by Crippen LogP contribution is 2.16. The molecule has 1 atom stereocenters. The Hall–Kier alpha value is -1.13. The van der Waals surface area contributed by atoms with Crippen LogP contribution in [0.2, 0.25) is 0 Å². The van der Waals surface area contributed by atoms with Crippen molar-refractivity contribution in [2.24, 2.45) is 5.92 Å². The smallest absolute Gasteiger partial charge is 0.244 e. The topological polar surface area (TPSA) is 49.3 Å². The Morgan fingerprint density at radius 3 is 2.89 bits per heavy atom. The largest absolute Gasteiger partial charge is 0.396 e. The van der Waals surface area contributed by atoms with Crippen molar-refractivity contribution in [1.82, 2.24) is 5.32 Å². The molecule has 1 unspecified atom stereocenters. The monoisotopic (exact) mass is 267 g/mol. The SMILES string of the molecule is CCC(CCO)CNC(=O)C=Cc1ccc(C)s1. The van der Waals surface area contributed by atoms with Gasteiger partial charge >= 0.3 is 0 Å². The lowest BCUT2D eigenvalue weighted by Crippen LogP contribution is -2.28. The average molecular weight is 267 g/mol. The molecule has 1 amide bonds. The Bertz CT molecular complexity index is 398. The molecule has 1 aromatic heterocycles. The zero-order chi connectivity index (χ0) is 13.4. The summed E-state index contributed by atoms with van der Waals surface area (Å²) >= 11 is 1.67. The standard InChI is InChI=1S/C14H21NO2S/c1-3-12(8-9-16)10-15-14(17)7-6-13-5-4-11(2)18-13/h4-7,12,16H,3,8-10H2,1-2H3,(H,15,17). The molecule has 0 radical (unpaired) electrons. The van der Waals surface area contributed by atoms with Gasteiger partial charge in [0.2, 0.25) is 5.91 Å². The van der Waals surface area contributed by atoms with Gasteiger partial charge in [-0.05, 0) is 37.5 Å². The fourth-order valence-electron chi connectivity index (χ4n) is 1.64. The fourth-order valence-corrected chi connectivity index (χ4v) is 2.42. The van der Waals surface area contributed by atoms with Gasteiger partial charge in [0.15, 0.2) is 0 Å². The van der Waals surface area contributed by atoms with Crippen LogP contribution in [0.1, 0.15) is 29.5 Å². The highest BCUT2D eigenvalue weighted by atomic mass is 32.1. The van der Waals surface area contributed by atoms with Crippen molar-refractivity contribution < 1.29 is 9.90 Å². The molecule has 0 fully saturated rings. The van der Waals surface area contributed by atoms with Gasteiger partial charge in [-0.15, -0.1) is 11.3 Å². The number of hydrogen-bond donors (Lipinski definition) is 2. The lowest BCUT2D eigenvalue weighted by Gasteiger charge is -2.13. The second-order valence-electron chi connectivity index (χ2n) is 4.31. The third-order valence-corrected chi connectivity index (χ3v) is 3.81. The Morgan fingerprint density at radius 2 is 2.33 bits per heavy atom. The first-order chi connectivity index (χ1) is 8.65. The normalized spacial score (nSPS) is 12.8. The molecule has 100 valence electrons. The predicted molar refractivity (Wildman–Crippen MR) is 76.6 cm³/mol. The molecular weight excluding hydrogens is 246 g/mol. The highest BCUT2D eigenvalue weighted by Gasteiger charge is 2.06. The van der Waals surface area contributed by atoms with E-state index in [4.69, 9.17) is 5.11 Å². The summed E-state index contributed by atoms with van der Waals surface area (Å²) in [6.45, 7) is 4.92. The molecule has 0 aliphatic carbocycles. The van der Waals surface area contributed by atoms with Gasteiger partial charge in [0.1, 0.15) is 0 Å². The van der Waals surface area contributed by atoms with Crippen molar-refractivity contribution >= 4 is 23.3 Å². The maximum Gasteiger partial charge on any atom is 0.244 e. The number of aryl methyl sites for hydroxylation is 1. The predicted octanol–water partition coefficient (Wildman–Crippen LogP) is 2.59. The molecule has 1 aromatic rings. The van der Waals surface area contributed by atoms with E-state index in [1.54, 1.807) is 17.4 Å². The Morgan fingerprint density at radius 1 is 1.56 bits per heavy atom. The van der Waals surface area contributed by atoms with Crippen LogP contribution in [0.25, 0.3) is 6.08 Å². The summed E-state index contributed by atoms with van der Waals surface area (Å²) in [5.41, 5.74) is 0. The van der Waals surface area contributed by atoms with E-state index < -0.39 is 0 Å². The first kappa shape index (κ1) is 14.9. The van der Waals surface area contributed by atoms with E-state index in [9.17, 15) is 4.79 Å². The molecule has 0 aliphatic rings. The van der Waals surface area contributed by atoms with Gasteiger partial charge < -0.3 is 10.4 Å². The number of carbonyl (C=O) groups is 1. The molecule has 2 N–H and O–H groups in total. The quantitative estimate of drug-likeness (QED) is 0.746. The van der Waals surface area contributed by atoms with E-state index in [2.05, 4.69) is 12.2 Å². The van der Waals surface area contributed by atoms with E-state index >= 15 is 0 Å². The second-order valence-corrected chi connectivity index (χ2v) is 5.63. The third-order valence-electron chi connectivity index (χ3n) is 2.84. The van der Waals surface area contributed by atoms with E-state index in [0.717, 1.165) is 17.7 Å². The number of rotatable bonds is 7. The Kier molecular flexibility index (Phi) is 6.68. The number of amides is 1. The summed E-state index contributed by atoms with van der Waals surface area (Å²) in [5.74, 6) is 0.286. The molecule has 0 bridgehead atoms. The van der Waals surface area contributed by atoms with Gasteiger partial charge in [0.05, 0.1) is 0 Å². The maximum atomic E-state index is 11.6. The van der Waals surface area contributed by atoms with E-state index in [-0.39, 0.29) is 12.5 Å². The van der Waals surface area contributed by atoms with Crippen molar-refractivity contribution in [3.8, 4) is 0 Å². The van der Waals surface area contributed by atoms with Gasteiger partial charge in [-0.2, -0.15) is 0 Å². The van der Waals surface area contributed by atoms with Crippen LogP contribution in [-0.2, 0) is 4.79 Å². The van der Waals surface area contributed by atoms with Crippen molar-refractivity contribution in [2.45, 2.75) is 26.7 Å². The first-order valence-corrected chi connectivity index (χ1v) is 7.10. The van der Waals surface area contributed by atoms with Crippen LogP contribution in [0.5, 0.6) is 0 Å². The van der Waals surface area contributed by atoms with Crippen LogP contribution in [0, 0.1) is 12.8 Å². The van der Waals surface area contributed by atoms with Crippen LogP contribution >= 0.6 is 11.3 Å². The summed E-state index contributed by atoms with van der Waals surface area (Å²) in [6, 6.07) is 4.04. The number of carbonyl (C=O) groups excluding carboxylic acids is 1. The van der Waals surface area contributed by atoms with E-state index in [0.29, 0.717) is 12.5 Å². The summed E-state index contributed by atoms with van der Waals surface area (Å²) in [6.07, 6.45) is 5.11. The molecule has 0 saturated carbocycles. The van der Waals surface area contributed by atoms with E-state index in [1.807, 2.05) is 25.1 Å². The molecule has 18 heavy (non-hydrogen) atoms. The molecule has 3 nitrogen and oxygen atoms in total. The van der Waals surface area contributed by atoms with Crippen molar-refractivity contribution in [3.63, 3.8) is 0 Å². The zero-order valence-corrected chi connectivity index (χ0v) is 11.8. The minimum Gasteiger partial charge on any atom is -0.396 e. The molecule has 0 saturated heterocycles. The zero-order valence-electron chi connectivity index (χ0n) is 11.0. The van der Waals surface area contributed by atoms with Crippen LogP contribution in [-0.4, -0.2) is 24.2 Å². The summed E-state index contributed by atoms with van der Waals surface area (Å²) in [5, 5.41) is 11.7. The second kappa shape index (κ2) is 8.06. The minimum atomic E-state index is -0.0718. The van der Waals surface area contributed by atoms with Gasteiger partial charge in [-0.1, -0.05) is 13.3 Å². The average Bonchev–Trinajstić information content (AvgIpc) is 2.77. The minimum absolute atomic E-state index is 0.0718. The van der Waals surface area contributed by atoms with Gasteiger partial charge in [-0.25, -0.2) is 0 Å². The first-order valence-electron chi connectivity index (χ1n) is 6.29. The Labute approximate surface area is 113 Å². The number of thiophene rings is 1. The lowest BCUT2D eigenvalue weighted by atomic mass is 10.0. The highest BCUT2D eigenvalue weighted by molar-refractivity contribution is 7.12.